The Morgan fingerprint density at radius 1 is 1.03 bits per heavy atom. The highest BCUT2D eigenvalue weighted by Gasteiger charge is 2.37. The molecule has 3 amide bonds. The van der Waals surface area contributed by atoms with Gasteiger partial charge >= 0.3 is 0 Å². The quantitative estimate of drug-likeness (QED) is 0.413. The van der Waals surface area contributed by atoms with Crippen LogP contribution < -0.4 is 26.6 Å². The lowest BCUT2D eigenvalue weighted by atomic mass is 10.0. The van der Waals surface area contributed by atoms with Gasteiger partial charge < -0.3 is 21.7 Å². The van der Waals surface area contributed by atoms with Crippen molar-refractivity contribution in [2.75, 3.05) is 29.6 Å². The van der Waals surface area contributed by atoms with E-state index in [1.807, 2.05) is 31.1 Å². The van der Waals surface area contributed by atoms with Crippen LogP contribution in [0.2, 0.25) is 0 Å². The second-order valence-electron chi connectivity index (χ2n) is 9.17. The molecular formula is C26H29FN6O3S. The van der Waals surface area contributed by atoms with Crippen molar-refractivity contribution in [1.82, 2.24) is 9.69 Å². The lowest BCUT2D eigenvalue weighted by Gasteiger charge is -2.32. The minimum atomic E-state index is -1.10. The number of nitrogens with zero attached hydrogens (tertiary/aromatic N) is 3. The number of anilines is 3. The Morgan fingerprint density at radius 2 is 1.62 bits per heavy atom. The number of rotatable bonds is 8. The maximum atomic E-state index is 14.0. The molecule has 194 valence electrons. The molecule has 1 heterocycles. The van der Waals surface area contributed by atoms with Gasteiger partial charge in [-0.25, -0.2) is 4.39 Å². The maximum absolute atomic E-state index is 14.0. The second-order valence-corrected chi connectivity index (χ2v) is 9.94. The molecule has 37 heavy (non-hydrogen) atoms. The lowest BCUT2D eigenvalue weighted by Crippen LogP contribution is -2.46. The van der Waals surface area contributed by atoms with Gasteiger partial charge in [0.25, 0.3) is 11.8 Å². The number of hydrogen-bond acceptors (Lipinski definition) is 7. The Labute approximate surface area is 218 Å². The first-order chi connectivity index (χ1) is 17.7. The van der Waals surface area contributed by atoms with Crippen LogP contribution in [-0.4, -0.2) is 42.2 Å². The van der Waals surface area contributed by atoms with Gasteiger partial charge in [0.05, 0.1) is 5.69 Å². The summed E-state index contributed by atoms with van der Waals surface area (Å²) >= 11 is 0.723. The average molecular weight is 525 g/mol. The third-order valence-corrected chi connectivity index (χ3v) is 7.26. The molecule has 11 heteroatoms. The number of carbonyl (C=O) groups is 3. The van der Waals surface area contributed by atoms with Crippen molar-refractivity contribution in [1.29, 1.82) is 0 Å². The molecule has 0 radical (unpaired) electrons. The van der Waals surface area contributed by atoms with E-state index in [0.717, 1.165) is 42.9 Å². The molecule has 0 bridgehead atoms. The summed E-state index contributed by atoms with van der Waals surface area (Å²) in [7, 11) is 3.80. The van der Waals surface area contributed by atoms with Crippen molar-refractivity contribution >= 4 is 46.3 Å². The van der Waals surface area contributed by atoms with Crippen LogP contribution in [0, 0.1) is 5.82 Å². The fourth-order valence-corrected chi connectivity index (χ4v) is 5.19. The predicted octanol–water partition coefficient (Wildman–Crippen LogP) is 3.48. The number of nitrogens with one attached hydrogen (secondary N) is 1. The van der Waals surface area contributed by atoms with Gasteiger partial charge in [0, 0.05) is 31.5 Å². The van der Waals surface area contributed by atoms with Gasteiger partial charge in [0.2, 0.25) is 5.91 Å². The van der Waals surface area contributed by atoms with Gasteiger partial charge in [-0.2, -0.15) is 4.37 Å². The summed E-state index contributed by atoms with van der Waals surface area (Å²) in [5, 5.41) is 3.09. The number of nitrogens with two attached hydrogens (primary N) is 2. The highest BCUT2D eigenvalue weighted by Crippen LogP contribution is 2.34. The molecule has 3 aromatic rings. The Balaban J connectivity index is 1.85. The van der Waals surface area contributed by atoms with Crippen LogP contribution in [0.15, 0.2) is 48.5 Å². The molecule has 4 rings (SSSR count). The van der Waals surface area contributed by atoms with Crippen molar-refractivity contribution in [2.24, 2.45) is 5.73 Å². The van der Waals surface area contributed by atoms with Gasteiger partial charge in [0.1, 0.15) is 16.7 Å². The molecule has 1 aliphatic rings. The normalized spacial score (nSPS) is 14.2. The first-order valence-corrected chi connectivity index (χ1v) is 12.7. The summed E-state index contributed by atoms with van der Waals surface area (Å²) in [5.74, 6) is -2.39. The van der Waals surface area contributed by atoms with Crippen LogP contribution in [0.25, 0.3) is 0 Å². The summed E-state index contributed by atoms with van der Waals surface area (Å²) < 4.78 is 17.8. The summed E-state index contributed by atoms with van der Waals surface area (Å²) in [6.45, 7) is 0. The number of hydrogen-bond donors (Lipinski definition) is 3. The van der Waals surface area contributed by atoms with Crippen LogP contribution >= 0.6 is 11.5 Å². The number of carbonyl (C=O) groups excluding carboxylic acids is 3. The number of primary amides is 1. The fraction of sp³-hybridized carbons (Fsp3) is 0.308. The molecule has 1 saturated carbocycles. The Morgan fingerprint density at radius 3 is 2.16 bits per heavy atom. The number of halogens is 1. The van der Waals surface area contributed by atoms with Gasteiger partial charge in [0.15, 0.2) is 5.69 Å². The third-order valence-electron chi connectivity index (χ3n) is 6.41. The fourth-order valence-electron chi connectivity index (χ4n) is 4.45. The van der Waals surface area contributed by atoms with E-state index in [4.69, 9.17) is 11.5 Å². The monoisotopic (exact) mass is 524 g/mol. The minimum absolute atomic E-state index is 0.00356. The summed E-state index contributed by atoms with van der Waals surface area (Å²) in [5.41, 5.74) is 12.8. The number of nitrogen functional groups attached to an aromatic ring is 1. The average Bonchev–Trinajstić information content (AvgIpc) is 3.52. The standard InChI is InChI=1S/C26H29FN6O3S/c1-32(2)18-11-7-15(8-12-18)22(25(35)30-17-5-3-4-6-17)33(19-13-9-16(27)10-14-19)26(36)23-20(28)21(24(29)34)31-37-23/h7-14,17,22H,3-6,28H2,1-2H3,(H2,29,34)(H,30,35). The smallest absolute Gasteiger partial charge is 0.273 e. The lowest BCUT2D eigenvalue weighted by molar-refractivity contribution is -0.123. The predicted molar refractivity (Wildman–Crippen MR) is 142 cm³/mol. The van der Waals surface area contributed by atoms with Gasteiger partial charge in [-0.3, -0.25) is 19.3 Å². The molecule has 0 saturated heterocycles. The van der Waals surface area contributed by atoms with E-state index in [0.29, 0.717) is 5.56 Å². The highest BCUT2D eigenvalue weighted by atomic mass is 32.1. The Bertz CT molecular complexity index is 1290. The van der Waals surface area contributed by atoms with Crippen molar-refractivity contribution < 1.29 is 18.8 Å². The van der Waals surface area contributed by atoms with E-state index >= 15 is 0 Å². The molecular weight excluding hydrogens is 495 g/mol. The molecule has 1 atom stereocenters. The van der Waals surface area contributed by atoms with Gasteiger partial charge in [-0.15, -0.1) is 0 Å². The van der Waals surface area contributed by atoms with E-state index in [9.17, 15) is 18.8 Å². The van der Waals surface area contributed by atoms with E-state index in [-0.39, 0.29) is 33.9 Å². The third kappa shape index (κ3) is 5.56. The zero-order valence-corrected chi connectivity index (χ0v) is 21.4. The van der Waals surface area contributed by atoms with Gasteiger partial charge in [-0.1, -0.05) is 25.0 Å². The van der Waals surface area contributed by atoms with Crippen molar-refractivity contribution in [3.05, 3.63) is 70.5 Å². The van der Waals surface area contributed by atoms with Crippen LogP contribution in [0.1, 0.15) is 57.4 Å². The van der Waals surface area contributed by atoms with E-state index in [1.54, 1.807) is 12.1 Å². The summed E-state index contributed by atoms with van der Waals surface area (Å²) in [6, 6.07) is 11.4. The zero-order valence-electron chi connectivity index (χ0n) is 20.6. The number of benzene rings is 2. The molecule has 1 aromatic heterocycles. The van der Waals surface area contributed by atoms with E-state index in [1.165, 1.54) is 29.2 Å². The minimum Gasteiger partial charge on any atom is -0.395 e. The maximum Gasteiger partial charge on any atom is 0.273 e. The van der Waals surface area contributed by atoms with Crippen molar-refractivity contribution in [2.45, 2.75) is 37.8 Å². The molecule has 2 aromatic carbocycles. The first kappa shape index (κ1) is 26.1. The SMILES string of the molecule is CN(C)c1ccc(C(C(=O)NC2CCCC2)N(C(=O)c2snc(C(N)=O)c2N)c2ccc(F)cc2)cc1. The van der Waals surface area contributed by atoms with Crippen LogP contribution in [0.3, 0.4) is 0 Å². The Hall–Kier alpha value is -3.99. The van der Waals surface area contributed by atoms with Crippen LogP contribution in [0.4, 0.5) is 21.5 Å². The van der Waals surface area contributed by atoms with Crippen molar-refractivity contribution in [3.8, 4) is 0 Å². The molecule has 0 aliphatic heterocycles. The molecule has 5 N–H and O–H groups in total. The second kappa shape index (κ2) is 11.0. The highest BCUT2D eigenvalue weighted by molar-refractivity contribution is 7.09. The zero-order chi connectivity index (χ0) is 26.7. The largest absolute Gasteiger partial charge is 0.395 e. The molecule has 1 aliphatic carbocycles. The Kier molecular flexibility index (Phi) is 7.72. The molecule has 1 unspecified atom stereocenters. The summed E-state index contributed by atoms with van der Waals surface area (Å²) in [6.07, 6.45) is 3.74. The number of aromatic nitrogens is 1. The van der Waals surface area contributed by atoms with Crippen LogP contribution in [-0.2, 0) is 4.79 Å². The van der Waals surface area contributed by atoms with E-state index in [2.05, 4.69) is 9.69 Å². The number of amides is 3. The van der Waals surface area contributed by atoms with E-state index < -0.39 is 23.7 Å². The molecule has 9 nitrogen and oxygen atoms in total. The van der Waals surface area contributed by atoms with Crippen molar-refractivity contribution in [3.63, 3.8) is 0 Å². The topological polar surface area (TPSA) is 135 Å². The summed E-state index contributed by atoms with van der Waals surface area (Å²) in [4.78, 5) is 42.7. The molecule has 1 fully saturated rings. The van der Waals surface area contributed by atoms with Gasteiger partial charge in [-0.05, 0) is 66.3 Å². The van der Waals surface area contributed by atoms with Crippen LogP contribution in [0.5, 0.6) is 0 Å². The first-order valence-electron chi connectivity index (χ1n) is 11.9. The molecule has 0 spiro atoms.